The molecule has 4 rings (SSSR count). The lowest BCUT2D eigenvalue weighted by molar-refractivity contribution is 0.392. The van der Waals surface area contributed by atoms with Crippen molar-refractivity contribution >= 4 is 17.0 Å². The number of thiophene rings is 1. The molecule has 0 atom stereocenters. The van der Waals surface area contributed by atoms with Crippen molar-refractivity contribution < 1.29 is 4.52 Å². The van der Waals surface area contributed by atoms with Crippen molar-refractivity contribution in [2.24, 2.45) is 0 Å². The lowest BCUT2D eigenvalue weighted by Gasteiger charge is -2.39. The maximum absolute atomic E-state index is 5.47. The van der Waals surface area contributed by atoms with Gasteiger partial charge in [-0.25, -0.2) is 0 Å². The normalized spacial score (nSPS) is 15.8. The summed E-state index contributed by atoms with van der Waals surface area (Å²) in [6, 6.07) is 8.41. The smallest absolute Gasteiger partial charge is 0.258 e. The van der Waals surface area contributed by atoms with E-state index in [4.69, 9.17) is 4.52 Å². The number of benzene rings is 1. The van der Waals surface area contributed by atoms with Crippen molar-refractivity contribution in [2.45, 2.75) is 45.1 Å². The number of aromatic nitrogens is 2. The van der Waals surface area contributed by atoms with Crippen molar-refractivity contribution in [2.75, 3.05) is 5.32 Å². The molecule has 3 heterocycles. The molecule has 0 radical (unpaired) electrons. The van der Waals surface area contributed by atoms with Crippen LogP contribution in [0.25, 0.3) is 22.8 Å². The minimum atomic E-state index is 0.241. The third kappa shape index (κ3) is 2.63. The first-order chi connectivity index (χ1) is 11.7. The summed E-state index contributed by atoms with van der Waals surface area (Å²) in [5.74, 6) is 1.24. The van der Waals surface area contributed by atoms with Crippen LogP contribution in [0.4, 0.5) is 5.69 Å². The highest BCUT2D eigenvalue weighted by molar-refractivity contribution is 7.08. The fraction of sp³-hybridized carbons (Fsp3) is 0.368. The van der Waals surface area contributed by atoms with Gasteiger partial charge in [-0.2, -0.15) is 16.3 Å². The molecule has 0 saturated heterocycles. The molecule has 1 aromatic carbocycles. The van der Waals surface area contributed by atoms with Crippen LogP contribution in [0.15, 0.2) is 39.5 Å². The maximum Gasteiger partial charge on any atom is 0.258 e. The fourth-order valence-electron chi connectivity index (χ4n) is 3.41. The minimum Gasteiger partial charge on any atom is -0.379 e. The molecule has 1 N–H and O–H groups in total. The van der Waals surface area contributed by atoms with Gasteiger partial charge in [0.25, 0.3) is 5.89 Å². The van der Waals surface area contributed by atoms with E-state index in [2.05, 4.69) is 47.5 Å². The van der Waals surface area contributed by atoms with Crippen LogP contribution in [0.3, 0.4) is 0 Å². The van der Waals surface area contributed by atoms with Gasteiger partial charge in [0.2, 0.25) is 5.82 Å². The van der Waals surface area contributed by atoms with Gasteiger partial charge in [-0.3, -0.25) is 0 Å². The molecule has 0 fully saturated rings. The molecule has 124 valence electrons. The van der Waals surface area contributed by atoms with Crippen LogP contribution < -0.4 is 5.32 Å². The molecule has 1 aliphatic rings. The third-order valence-corrected chi connectivity index (χ3v) is 5.87. The molecule has 2 aromatic heterocycles. The molecule has 24 heavy (non-hydrogen) atoms. The molecule has 0 amide bonds. The van der Waals surface area contributed by atoms with Crippen LogP contribution in [0.5, 0.6) is 0 Å². The Morgan fingerprint density at radius 1 is 1.21 bits per heavy atom. The molecule has 4 nitrogen and oxygen atoms in total. The van der Waals surface area contributed by atoms with Crippen LogP contribution in [0, 0.1) is 0 Å². The molecule has 5 heteroatoms. The van der Waals surface area contributed by atoms with Gasteiger partial charge in [-0.15, -0.1) is 0 Å². The summed E-state index contributed by atoms with van der Waals surface area (Å²) in [5.41, 5.74) is 4.81. The zero-order valence-electron chi connectivity index (χ0n) is 14.0. The van der Waals surface area contributed by atoms with Crippen LogP contribution in [-0.2, 0) is 6.42 Å². The Morgan fingerprint density at radius 3 is 2.83 bits per heavy atom. The van der Waals surface area contributed by atoms with E-state index in [-0.39, 0.29) is 5.54 Å². The third-order valence-electron chi connectivity index (χ3n) is 5.18. The Bertz CT molecular complexity index is 834. The molecule has 1 aliphatic heterocycles. The topological polar surface area (TPSA) is 51.0 Å². The Kier molecular flexibility index (Phi) is 3.88. The first kappa shape index (κ1) is 15.4. The van der Waals surface area contributed by atoms with Gasteiger partial charge >= 0.3 is 0 Å². The van der Waals surface area contributed by atoms with Crippen molar-refractivity contribution in [3.05, 3.63) is 40.6 Å². The first-order valence-electron chi connectivity index (χ1n) is 8.51. The summed E-state index contributed by atoms with van der Waals surface area (Å²) in [6.07, 6.45) is 4.56. The lowest BCUT2D eigenvalue weighted by Crippen LogP contribution is -2.40. The van der Waals surface area contributed by atoms with Crippen molar-refractivity contribution in [1.82, 2.24) is 10.1 Å². The quantitative estimate of drug-likeness (QED) is 0.693. The van der Waals surface area contributed by atoms with E-state index in [1.165, 1.54) is 17.7 Å². The van der Waals surface area contributed by atoms with Gasteiger partial charge in [0.05, 0.1) is 0 Å². The highest BCUT2D eigenvalue weighted by Crippen LogP contribution is 2.37. The zero-order valence-corrected chi connectivity index (χ0v) is 14.8. The number of hydrogen-bond acceptors (Lipinski definition) is 5. The molecular weight excluding hydrogens is 318 g/mol. The van der Waals surface area contributed by atoms with Crippen LogP contribution >= 0.6 is 11.3 Å². The Balaban J connectivity index is 1.63. The standard InChI is InChI=1S/C19H21N3OS/c1-3-19(4-2)9-7-13-11-14(5-6-16(13)21-19)18-20-17(22-23-18)15-8-10-24-12-15/h5-6,8,10-12,21H,3-4,7,9H2,1-2H3. The Hall–Kier alpha value is -2.14. The van der Waals surface area contributed by atoms with Crippen LogP contribution in [0.1, 0.15) is 38.7 Å². The van der Waals surface area contributed by atoms with E-state index >= 15 is 0 Å². The predicted octanol–water partition coefficient (Wildman–Crippen LogP) is 5.38. The summed E-state index contributed by atoms with van der Waals surface area (Å²) in [6.45, 7) is 4.53. The van der Waals surface area contributed by atoms with Crippen molar-refractivity contribution in [3.8, 4) is 22.8 Å². The maximum atomic E-state index is 5.47. The Labute approximate surface area is 145 Å². The first-order valence-corrected chi connectivity index (χ1v) is 9.45. The van der Waals surface area contributed by atoms with Gasteiger partial charge in [0, 0.05) is 27.7 Å². The highest BCUT2D eigenvalue weighted by Gasteiger charge is 2.30. The molecule has 0 aliphatic carbocycles. The van der Waals surface area contributed by atoms with E-state index in [1.807, 2.05) is 16.8 Å². The number of aryl methyl sites for hydroxylation is 1. The number of hydrogen-bond donors (Lipinski definition) is 1. The SMILES string of the molecule is CCC1(CC)CCc2cc(-c3nc(-c4ccsc4)no3)ccc2N1. The van der Waals surface area contributed by atoms with Gasteiger partial charge in [0.15, 0.2) is 0 Å². The molecule has 3 aromatic rings. The van der Waals surface area contributed by atoms with Crippen LogP contribution in [0.2, 0.25) is 0 Å². The van der Waals surface area contributed by atoms with Gasteiger partial charge in [-0.05, 0) is 60.9 Å². The van der Waals surface area contributed by atoms with Gasteiger partial charge in [0.1, 0.15) is 0 Å². The molecule has 0 spiro atoms. The van der Waals surface area contributed by atoms with E-state index in [0.29, 0.717) is 11.7 Å². The number of fused-ring (bicyclic) bond motifs is 1. The second-order valence-electron chi connectivity index (χ2n) is 6.42. The largest absolute Gasteiger partial charge is 0.379 e. The van der Waals surface area contributed by atoms with Gasteiger partial charge in [-0.1, -0.05) is 19.0 Å². The number of anilines is 1. The average molecular weight is 339 g/mol. The number of nitrogens with one attached hydrogen (secondary N) is 1. The number of nitrogens with zero attached hydrogens (tertiary/aromatic N) is 2. The van der Waals surface area contributed by atoms with Crippen LogP contribution in [-0.4, -0.2) is 15.7 Å². The molecule has 0 saturated carbocycles. The van der Waals surface area contributed by atoms with Crippen molar-refractivity contribution in [3.63, 3.8) is 0 Å². The second kappa shape index (κ2) is 6.06. The highest BCUT2D eigenvalue weighted by atomic mass is 32.1. The monoisotopic (exact) mass is 339 g/mol. The lowest BCUT2D eigenvalue weighted by atomic mass is 9.82. The summed E-state index contributed by atoms with van der Waals surface area (Å²) >= 11 is 1.63. The van der Waals surface area contributed by atoms with E-state index in [1.54, 1.807) is 11.3 Å². The Morgan fingerprint density at radius 2 is 2.08 bits per heavy atom. The zero-order chi connectivity index (χ0) is 16.6. The van der Waals surface area contributed by atoms with E-state index < -0.39 is 0 Å². The summed E-state index contributed by atoms with van der Waals surface area (Å²) in [4.78, 5) is 4.54. The fourth-order valence-corrected chi connectivity index (χ4v) is 4.04. The number of rotatable bonds is 4. The van der Waals surface area contributed by atoms with Gasteiger partial charge < -0.3 is 9.84 Å². The second-order valence-corrected chi connectivity index (χ2v) is 7.20. The minimum absolute atomic E-state index is 0.241. The van der Waals surface area contributed by atoms with E-state index in [9.17, 15) is 0 Å². The predicted molar refractivity (Wildman–Crippen MR) is 98.3 cm³/mol. The summed E-state index contributed by atoms with van der Waals surface area (Å²) in [7, 11) is 0. The molecular formula is C19H21N3OS. The molecule has 0 bridgehead atoms. The van der Waals surface area contributed by atoms with Crippen molar-refractivity contribution in [1.29, 1.82) is 0 Å². The molecule has 0 unspecified atom stereocenters. The summed E-state index contributed by atoms with van der Waals surface area (Å²) < 4.78 is 5.47. The van der Waals surface area contributed by atoms with E-state index in [0.717, 1.165) is 30.4 Å². The average Bonchev–Trinajstić information content (AvgIpc) is 3.32. The summed E-state index contributed by atoms with van der Waals surface area (Å²) in [5, 5.41) is 11.9.